The van der Waals surface area contributed by atoms with Crippen LogP contribution in [0.15, 0.2) is 78.0 Å². The summed E-state index contributed by atoms with van der Waals surface area (Å²) in [5.41, 5.74) is 1.29. The third-order valence-corrected chi connectivity index (χ3v) is 5.82. The van der Waals surface area contributed by atoms with Crippen molar-refractivity contribution in [3.05, 3.63) is 84.2 Å². The van der Waals surface area contributed by atoms with Crippen molar-refractivity contribution in [2.24, 2.45) is 0 Å². The van der Waals surface area contributed by atoms with Gasteiger partial charge in [-0.3, -0.25) is 9.29 Å². The van der Waals surface area contributed by atoms with Crippen LogP contribution in [-0.2, 0) is 16.6 Å². The number of methoxy groups -OCH3 is 1. The molecule has 27 heavy (non-hydrogen) atoms. The minimum atomic E-state index is -3.97. The molecule has 0 aliphatic heterocycles. The average molecular weight is 379 g/mol. The van der Waals surface area contributed by atoms with Gasteiger partial charge in [-0.2, -0.15) is 5.26 Å². The van der Waals surface area contributed by atoms with E-state index in [2.05, 4.69) is 4.98 Å². The average Bonchev–Trinajstić information content (AvgIpc) is 2.72. The van der Waals surface area contributed by atoms with Crippen LogP contribution in [0.2, 0.25) is 0 Å². The lowest BCUT2D eigenvalue weighted by Crippen LogP contribution is -2.31. The van der Waals surface area contributed by atoms with Gasteiger partial charge in [-0.25, -0.2) is 8.42 Å². The molecule has 0 aliphatic rings. The molecule has 7 heteroatoms. The fraction of sp³-hybridized carbons (Fsp3) is 0.100. The van der Waals surface area contributed by atoms with E-state index < -0.39 is 10.0 Å². The van der Waals surface area contributed by atoms with Crippen LogP contribution in [0.1, 0.15) is 11.1 Å². The molecule has 0 radical (unpaired) electrons. The van der Waals surface area contributed by atoms with Crippen LogP contribution in [0.3, 0.4) is 0 Å². The predicted molar refractivity (Wildman–Crippen MR) is 102 cm³/mol. The Kier molecular flexibility index (Phi) is 5.38. The van der Waals surface area contributed by atoms with Crippen LogP contribution in [-0.4, -0.2) is 20.5 Å². The normalized spacial score (nSPS) is 10.8. The summed E-state index contributed by atoms with van der Waals surface area (Å²) in [7, 11) is -2.43. The summed E-state index contributed by atoms with van der Waals surface area (Å²) >= 11 is 0. The Morgan fingerprint density at radius 2 is 1.81 bits per heavy atom. The summed E-state index contributed by atoms with van der Waals surface area (Å²) in [4.78, 5) is 4.02. The van der Waals surface area contributed by atoms with Crippen molar-refractivity contribution in [2.75, 3.05) is 11.4 Å². The van der Waals surface area contributed by atoms with E-state index in [1.165, 1.54) is 16.4 Å². The van der Waals surface area contributed by atoms with Crippen LogP contribution in [0, 0.1) is 11.3 Å². The van der Waals surface area contributed by atoms with Gasteiger partial charge in [-0.1, -0.05) is 18.2 Å². The molecule has 2 aromatic carbocycles. The van der Waals surface area contributed by atoms with E-state index >= 15 is 0 Å². The number of rotatable bonds is 6. The second kappa shape index (κ2) is 7.89. The number of nitriles is 1. The predicted octanol–water partition coefficient (Wildman–Crippen LogP) is 3.36. The number of benzene rings is 2. The highest BCUT2D eigenvalue weighted by molar-refractivity contribution is 7.92. The molecule has 0 saturated heterocycles. The Morgan fingerprint density at radius 1 is 1.07 bits per heavy atom. The third kappa shape index (κ3) is 3.91. The zero-order chi connectivity index (χ0) is 19.3. The Hall–Kier alpha value is -3.37. The minimum absolute atomic E-state index is 0.0350. The molecule has 0 saturated carbocycles. The fourth-order valence-corrected chi connectivity index (χ4v) is 4.22. The first-order valence-corrected chi connectivity index (χ1v) is 9.55. The van der Waals surface area contributed by atoms with Crippen LogP contribution in [0.4, 0.5) is 5.69 Å². The quantitative estimate of drug-likeness (QED) is 0.656. The van der Waals surface area contributed by atoms with Gasteiger partial charge in [0.2, 0.25) is 0 Å². The number of anilines is 1. The second-order valence-corrected chi connectivity index (χ2v) is 7.51. The molecular weight excluding hydrogens is 362 g/mol. The highest BCUT2D eigenvalue weighted by Gasteiger charge is 2.27. The smallest absolute Gasteiger partial charge is 0.265 e. The van der Waals surface area contributed by atoms with Crippen molar-refractivity contribution in [3.8, 4) is 11.8 Å². The second-order valence-electron chi connectivity index (χ2n) is 5.68. The zero-order valence-electron chi connectivity index (χ0n) is 14.6. The molecule has 0 unspecified atom stereocenters. The number of hydrogen-bond donors (Lipinski definition) is 0. The van der Waals surface area contributed by atoms with Crippen LogP contribution in [0.5, 0.6) is 5.75 Å². The first-order chi connectivity index (χ1) is 13.1. The molecule has 1 aromatic heterocycles. The number of ether oxygens (including phenoxy) is 1. The summed E-state index contributed by atoms with van der Waals surface area (Å²) < 4.78 is 33.2. The molecule has 136 valence electrons. The molecule has 0 bridgehead atoms. The van der Waals surface area contributed by atoms with Gasteiger partial charge in [0, 0.05) is 12.4 Å². The molecule has 6 nitrogen and oxygen atoms in total. The van der Waals surface area contributed by atoms with Gasteiger partial charge < -0.3 is 4.74 Å². The third-order valence-electron chi connectivity index (χ3n) is 3.98. The number of pyridine rings is 1. The van der Waals surface area contributed by atoms with Gasteiger partial charge >= 0.3 is 0 Å². The molecule has 0 N–H and O–H groups in total. The van der Waals surface area contributed by atoms with Crippen LogP contribution in [0.25, 0.3) is 0 Å². The Labute approximate surface area is 158 Å². The van der Waals surface area contributed by atoms with Gasteiger partial charge in [0.25, 0.3) is 10.0 Å². The molecule has 0 aliphatic carbocycles. The van der Waals surface area contributed by atoms with Crippen molar-refractivity contribution in [3.63, 3.8) is 0 Å². The number of aromatic nitrogens is 1. The van der Waals surface area contributed by atoms with E-state index in [1.807, 2.05) is 6.07 Å². The van der Waals surface area contributed by atoms with Crippen LogP contribution < -0.4 is 9.04 Å². The summed E-state index contributed by atoms with van der Waals surface area (Å²) in [5, 5.41) is 9.33. The van der Waals surface area contributed by atoms with Crippen molar-refractivity contribution >= 4 is 15.7 Å². The molecular formula is C20H17N3O3S. The van der Waals surface area contributed by atoms with Gasteiger partial charge in [-0.15, -0.1) is 0 Å². The van der Waals surface area contributed by atoms with Crippen molar-refractivity contribution in [1.82, 2.24) is 4.98 Å². The lowest BCUT2D eigenvalue weighted by atomic mass is 10.2. The fourth-order valence-electron chi connectivity index (χ4n) is 2.62. The molecule has 1 heterocycles. The van der Waals surface area contributed by atoms with E-state index in [-0.39, 0.29) is 17.0 Å². The summed E-state index contributed by atoms with van der Waals surface area (Å²) in [6.07, 6.45) is 3.24. The van der Waals surface area contributed by atoms with E-state index in [0.717, 1.165) is 5.56 Å². The largest absolute Gasteiger partial charge is 0.497 e. The number of nitrogens with zero attached hydrogens (tertiary/aromatic N) is 3. The topological polar surface area (TPSA) is 83.3 Å². The SMILES string of the molecule is COc1ccc(N(Cc2cccnc2)S(=O)(=O)c2ccccc2C#N)cc1. The van der Waals surface area contributed by atoms with E-state index in [9.17, 15) is 13.7 Å². The van der Waals surface area contributed by atoms with Gasteiger partial charge in [0.15, 0.2) is 0 Å². The first kappa shape index (κ1) is 18.4. The van der Waals surface area contributed by atoms with E-state index in [1.54, 1.807) is 68.0 Å². The van der Waals surface area contributed by atoms with Gasteiger partial charge in [0.05, 0.1) is 24.9 Å². The first-order valence-electron chi connectivity index (χ1n) is 8.11. The maximum Gasteiger partial charge on any atom is 0.265 e. The molecule has 3 aromatic rings. The lowest BCUT2D eigenvalue weighted by Gasteiger charge is -2.25. The monoisotopic (exact) mass is 379 g/mol. The van der Waals surface area contributed by atoms with Crippen LogP contribution >= 0.6 is 0 Å². The molecule has 0 spiro atoms. The minimum Gasteiger partial charge on any atom is -0.497 e. The van der Waals surface area contributed by atoms with Crippen molar-refractivity contribution < 1.29 is 13.2 Å². The zero-order valence-corrected chi connectivity index (χ0v) is 15.4. The molecule has 3 rings (SSSR count). The summed E-state index contributed by atoms with van der Waals surface area (Å²) in [6, 6.07) is 18.4. The van der Waals surface area contributed by atoms with Gasteiger partial charge in [-0.05, 0) is 48.0 Å². The maximum absolute atomic E-state index is 13.4. The summed E-state index contributed by atoms with van der Waals surface area (Å²) in [5.74, 6) is 0.620. The van der Waals surface area contributed by atoms with E-state index in [0.29, 0.717) is 11.4 Å². The number of hydrogen-bond acceptors (Lipinski definition) is 5. The molecule has 0 atom stereocenters. The summed E-state index contributed by atoms with van der Waals surface area (Å²) in [6.45, 7) is 0.0856. The molecule has 0 amide bonds. The van der Waals surface area contributed by atoms with E-state index in [4.69, 9.17) is 4.74 Å². The van der Waals surface area contributed by atoms with Crippen molar-refractivity contribution in [2.45, 2.75) is 11.4 Å². The molecule has 0 fully saturated rings. The Bertz CT molecular complexity index is 1060. The lowest BCUT2D eigenvalue weighted by molar-refractivity contribution is 0.415. The highest BCUT2D eigenvalue weighted by atomic mass is 32.2. The Morgan fingerprint density at radius 3 is 2.44 bits per heavy atom. The standard InChI is InChI=1S/C20H17N3O3S/c1-26-19-10-8-18(9-11-19)23(15-16-5-4-12-22-14-16)27(24,25)20-7-3-2-6-17(20)13-21/h2-12,14H,15H2,1H3. The highest BCUT2D eigenvalue weighted by Crippen LogP contribution is 2.29. The van der Waals surface area contributed by atoms with Gasteiger partial charge in [0.1, 0.15) is 16.7 Å². The maximum atomic E-state index is 13.4. The Balaban J connectivity index is 2.11. The van der Waals surface area contributed by atoms with Crippen molar-refractivity contribution in [1.29, 1.82) is 5.26 Å². The number of sulfonamides is 1.